The van der Waals surface area contributed by atoms with E-state index in [4.69, 9.17) is 14.6 Å². The number of rotatable bonds is 9. The third kappa shape index (κ3) is 5.20. The van der Waals surface area contributed by atoms with Crippen LogP contribution in [0.2, 0.25) is 0 Å². The zero-order valence-corrected chi connectivity index (χ0v) is 19.9. The third-order valence-corrected chi connectivity index (χ3v) is 6.19. The summed E-state index contributed by atoms with van der Waals surface area (Å²) >= 11 is 1.82. The maximum atomic E-state index is 12.3. The fourth-order valence-electron chi connectivity index (χ4n) is 3.90. The number of esters is 1. The van der Waals surface area contributed by atoms with E-state index in [-0.39, 0.29) is 0 Å². The van der Waals surface area contributed by atoms with Gasteiger partial charge in [-0.05, 0) is 54.7 Å². The highest BCUT2D eigenvalue weighted by Crippen LogP contribution is 2.29. The van der Waals surface area contributed by atoms with Crippen LogP contribution in [0, 0.1) is 0 Å². The molecule has 0 aliphatic heterocycles. The number of fused-ring (bicyclic) bond motifs is 1. The lowest BCUT2D eigenvalue weighted by molar-refractivity contribution is 0.0593. The summed E-state index contributed by atoms with van der Waals surface area (Å²) in [5.74, 6) is 1.38. The fourth-order valence-corrected chi connectivity index (χ4v) is 4.33. The maximum Gasteiger partial charge on any atom is 0.356 e. The van der Waals surface area contributed by atoms with Crippen LogP contribution < -0.4 is 4.74 Å². The van der Waals surface area contributed by atoms with Gasteiger partial charge in [0.1, 0.15) is 11.4 Å². The van der Waals surface area contributed by atoms with Crippen LogP contribution in [0.15, 0.2) is 60.8 Å². The minimum absolute atomic E-state index is 0.341. The molecule has 7 heteroatoms. The van der Waals surface area contributed by atoms with Crippen molar-refractivity contribution in [1.29, 1.82) is 0 Å². The Morgan fingerprint density at radius 2 is 1.91 bits per heavy atom. The van der Waals surface area contributed by atoms with Crippen molar-refractivity contribution >= 4 is 23.2 Å². The first-order valence-electron chi connectivity index (χ1n) is 10.8. The number of aromatic nitrogens is 3. The molecule has 0 atom stereocenters. The Kier molecular flexibility index (Phi) is 7.29. The molecule has 170 valence electrons. The van der Waals surface area contributed by atoms with Gasteiger partial charge in [0.2, 0.25) is 0 Å². The predicted molar refractivity (Wildman–Crippen MR) is 132 cm³/mol. The second-order valence-electron chi connectivity index (χ2n) is 7.71. The Morgan fingerprint density at radius 3 is 2.64 bits per heavy atom. The number of hydrogen-bond acceptors (Lipinski definition) is 6. The molecule has 0 fully saturated rings. The molecule has 6 nitrogen and oxygen atoms in total. The number of ether oxygens (including phenoxy) is 2. The summed E-state index contributed by atoms with van der Waals surface area (Å²) in [7, 11) is 3.03. The number of methoxy groups -OCH3 is 2. The van der Waals surface area contributed by atoms with Gasteiger partial charge in [-0.2, -0.15) is 16.9 Å². The Hall–Kier alpha value is -3.32. The van der Waals surface area contributed by atoms with Crippen LogP contribution in [0.1, 0.15) is 33.7 Å². The molecule has 0 unspecified atom stereocenters. The fraction of sp³-hybridized carbons (Fsp3) is 0.269. The summed E-state index contributed by atoms with van der Waals surface area (Å²) in [6.45, 7) is 0. The maximum absolute atomic E-state index is 12.3. The van der Waals surface area contributed by atoms with Crippen LogP contribution in [0.5, 0.6) is 5.75 Å². The Balaban J connectivity index is 1.80. The highest BCUT2D eigenvalue weighted by molar-refractivity contribution is 7.98. The summed E-state index contributed by atoms with van der Waals surface area (Å²) in [6.07, 6.45) is 6.44. The summed E-state index contributed by atoms with van der Waals surface area (Å²) in [5.41, 5.74) is 6.19. The van der Waals surface area contributed by atoms with Crippen LogP contribution in [0.25, 0.3) is 16.8 Å². The van der Waals surface area contributed by atoms with Crippen molar-refractivity contribution in [2.75, 3.05) is 26.2 Å². The Morgan fingerprint density at radius 1 is 1.09 bits per heavy atom. The molecule has 0 saturated carbocycles. The van der Waals surface area contributed by atoms with E-state index in [2.05, 4.69) is 29.4 Å². The van der Waals surface area contributed by atoms with Crippen LogP contribution in [0.4, 0.5) is 0 Å². The van der Waals surface area contributed by atoms with Crippen molar-refractivity contribution in [1.82, 2.24) is 14.6 Å². The lowest BCUT2D eigenvalue weighted by Gasteiger charge is -2.09. The van der Waals surface area contributed by atoms with Gasteiger partial charge in [-0.3, -0.25) is 0 Å². The number of carbonyl (C=O) groups is 1. The van der Waals surface area contributed by atoms with Crippen molar-refractivity contribution in [3.05, 3.63) is 83.3 Å². The lowest BCUT2D eigenvalue weighted by Crippen LogP contribution is -2.08. The van der Waals surface area contributed by atoms with Gasteiger partial charge in [-0.25, -0.2) is 14.3 Å². The van der Waals surface area contributed by atoms with Crippen molar-refractivity contribution in [2.45, 2.75) is 19.3 Å². The van der Waals surface area contributed by atoms with Gasteiger partial charge in [0.25, 0.3) is 0 Å². The summed E-state index contributed by atoms with van der Waals surface area (Å²) in [4.78, 5) is 16.9. The first-order chi connectivity index (χ1) is 16.1. The summed E-state index contributed by atoms with van der Waals surface area (Å²) < 4.78 is 12.2. The number of carbonyl (C=O) groups excluding carboxylic acids is 1. The average molecular weight is 462 g/mol. The molecule has 0 N–H and O–H groups in total. The molecule has 0 aliphatic rings. The van der Waals surface area contributed by atoms with Crippen LogP contribution in [0.3, 0.4) is 0 Å². The molecule has 33 heavy (non-hydrogen) atoms. The van der Waals surface area contributed by atoms with Gasteiger partial charge in [-0.1, -0.05) is 30.3 Å². The quantitative estimate of drug-likeness (QED) is 0.256. The first-order valence-corrected chi connectivity index (χ1v) is 12.2. The van der Waals surface area contributed by atoms with Gasteiger partial charge < -0.3 is 9.47 Å². The van der Waals surface area contributed by atoms with Gasteiger partial charge in [0.15, 0.2) is 0 Å². The van der Waals surface area contributed by atoms with Crippen molar-refractivity contribution in [3.8, 4) is 17.0 Å². The molecule has 3 aromatic heterocycles. The average Bonchev–Trinajstić information content (AvgIpc) is 3.21. The number of thioether (sulfide) groups is 1. The molecule has 4 aromatic rings. The van der Waals surface area contributed by atoms with E-state index in [1.54, 1.807) is 7.11 Å². The molecule has 0 aliphatic carbocycles. The van der Waals surface area contributed by atoms with E-state index in [1.165, 1.54) is 7.11 Å². The minimum Gasteiger partial charge on any atom is -0.495 e. The minimum atomic E-state index is -0.421. The normalized spacial score (nSPS) is 11.0. The zero-order chi connectivity index (χ0) is 23.2. The third-order valence-electron chi connectivity index (χ3n) is 5.49. The highest BCUT2D eigenvalue weighted by atomic mass is 32.2. The van der Waals surface area contributed by atoms with E-state index in [0.717, 1.165) is 57.9 Å². The van der Waals surface area contributed by atoms with E-state index in [9.17, 15) is 4.79 Å². The van der Waals surface area contributed by atoms with Crippen LogP contribution in [-0.4, -0.2) is 46.8 Å². The zero-order valence-electron chi connectivity index (χ0n) is 19.1. The molecule has 1 aromatic carbocycles. The predicted octanol–water partition coefficient (Wildman–Crippen LogP) is 5.08. The number of nitrogens with zero attached hydrogens (tertiary/aromatic N) is 3. The molecule has 0 spiro atoms. The standard InChI is InChI=1S/C26H27N3O3S/c1-31-21-11-12-24-22(25(28-29(24)17-21)19-9-5-4-6-10-19)16-20-14-18(8-7-13-33-3)15-23(27-20)26(30)32-2/h4-6,9-12,14-15,17H,7-8,13,16H2,1-3H3. The van der Waals surface area contributed by atoms with E-state index in [1.807, 2.05) is 58.9 Å². The summed E-state index contributed by atoms with van der Waals surface area (Å²) in [6, 6.07) is 18.0. The molecule has 4 rings (SSSR count). The van der Waals surface area contributed by atoms with E-state index in [0.29, 0.717) is 12.1 Å². The van der Waals surface area contributed by atoms with Gasteiger partial charge >= 0.3 is 5.97 Å². The molecule has 0 bridgehead atoms. The van der Waals surface area contributed by atoms with Crippen LogP contribution in [-0.2, 0) is 17.6 Å². The lowest BCUT2D eigenvalue weighted by atomic mass is 10.0. The van der Waals surface area contributed by atoms with Gasteiger partial charge in [0.05, 0.1) is 31.6 Å². The molecule has 0 amide bonds. The van der Waals surface area contributed by atoms with Crippen LogP contribution >= 0.6 is 11.8 Å². The monoisotopic (exact) mass is 461 g/mol. The molecule has 0 radical (unpaired) electrons. The van der Waals surface area contributed by atoms with Gasteiger partial charge in [-0.15, -0.1) is 0 Å². The SMILES string of the molecule is COC(=O)c1cc(CCCSC)cc(Cc2c(-c3ccccc3)nn3cc(OC)ccc23)n1. The van der Waals surface area contributed by atoms with E-state index < -0.39 is 5.97 Å². The molecular weight excluding hydrogens is 434 g/mol. The Bertz CT molecular complexity index is 1250. The highest BCUT2D eigenvalue weighted by Gasteiger charge is 2.18. The van der Waals surface area contributed by atoms with Gasteiger partial charge in [0, 0.05) is 23.2 Å². The number of pyridine rings is 2. The van der Waals surface area contributed by atoms with Crippen molar-refractivity contribution < 1.29 is 14.3 Å². The second-order valence-corrected chi connectivity index (χ2v) is 8.69. The first kappa shape index (κ1) is 22.9. The topological polar surface area (TPSA) is 65.7 Å². The smallest absolute Gasteiger partial charge is 0.356 e. The van der Waals surface area contributed by atoms with Crippen molar-refractivity contribution in [2.24, 2.45) is 0 Å². The number of aryl methyl sites for hydroxylation is 1. The summed E-state index contributed by atoms with van der Waals surface area (Å²) in [5, 5.41) is 4.86. The van der Waals surface area contributed by atoms with Crippen molar-refractivity contribution in [3.63, 3.8) is 0 Å². The molecule has 3 heterocycles. The largest absolute Gasteiger partial charge is 0.495 e. The second kappa shape index (κ2) is 10.5. The van der Waals surface area contributed by atoms with E-state index >= 15 is 0 Å². The number of benzene rings is 1. The Labute approximate surface area is 198 Å². The number of hydrogen-bond donors (Lipinski definition) is 0. The molecular formula is C26H27N3O3S. The molecule has 0 saturated heterocycles.